The zero-order valence-corrected chi connectivity index (χ0v) is 15.7. The van der Waals surface area contributed by atoms with Crippen molar-refractivity contribution in [3.05, 3.63) is 26.7 Å². The van der Waals surface area contributed by atoms with Gasteiger partial charge >= 0.3 is 0 Å². The Kier molecular flexibility index (Phi) is 5.28. The van der Waals surface area contributed by atoms with Crippen LogP contribution in [0.1, 0.15) is 19.3 Å². The first-order valence-electron chi connectivity index (χ1n) is 6.50. The third-order valence-electron chi connectivity index (χ3n) is 4.06. The van der Waals surface area contributed by atoms with Crippen LogP contribution in [0.25, 0.3) is 0 Å². The van der Waals surface area contributed by atoms with Crippen molar-refractivity contribution in [2.45, 2.75) is 29.7 Å². The molecule has 1 aromatic rings. The molecule has 0 spiro atoms. The molecule has 1 fully saturated rings. The molecule has 0 unspecified atom stereocenters. The fraction of sp³-hybridized carbons (Fsp3) is 0.538. The zero-order chi connectivity index (χ0) is 15.8. The second-order valence-corrected chi connectivity index (χ2v) is 8.93. The molecule has 4 nitrogen and oxygen atoms in total. The standard InChI is InChI=1S/C13H17BrCl2N2O2S/c1-18(2)13(4-3-5-13)8-17-21(19,20)12-10(15)6-9(14)7-11(12)16/h6-7,17H,3-5,8H2,1-2H3. The highest BCUT2D eigenvalue weighted by atomic mass is 79.9. The van der Waals surface area contributed by atoms with E-state index in [4.69, 9.17) is 23.2 Å². The number of hydrogen-bond donors (Lipinski definition) is 1. The van der Waals surface area contributed by atoms with Gasteiger partial charge in [0.25, 0.3) is 0 Å². The normalized spacial score (nSPS) is 17.8. The van der Waals surface area contributed by atoms with E-state index in [1.807, 2.05) is 14.1 Å². The minimum atomic E-state index is -3.74. The van der Waals surface area contributed by atoms with Gasteiger partial charge in [0.15, 0.2) is 0 Å². The lowest BCUT2D eigenvalue weighted by Gasteiger charge is -2.47. The number of rotatable bonds is 5. The Labute approximate surface area is 144 Å². The third-order valence-corrected chi connectivity index (χ3v) is 6.84. The van der Waals surface area contributed by atoms with Crippen LogP contribution in [0, 0.1) is 0 Å². The highest BCUT2D eigenvalue weighted by molar-refractivity contribution is 9.10. The van der Waals surface area contributed by atoms with Crippen LogP contribution in [0.4, 0.5) is 0 Å². The van der Waals surface area contributed by atoms with Gasteiger partial charge in [0.2, 0.25) is 10.0 Å². The van der Waals surface area contributed by atoms with Crippen LogP contribution in [0.5, 0.6) is 0 Å². The fourth-order valence-electron chi connectivity index (χ4n) is 2.45. The van der Waals surface area contributed by atoms with E-state index in [0.717, 1.165) is 19.3 Å². The first-order valence-corrected chi connectivity index (χ1v) is 9.53. The molecular weight excluding hydrogens is 399 g/mol. The summed E-state index contributed by atoms with van der Waals surface area (Å²) in [6, 6.07) is 3.04. The number of halogens is 3. The van der Waals surface area contributed by atoms with E-state index in [1.54, 1.807) is 0 Å². The summed E-state index contributed by atoms with van der Waals surface area (Å²) in [6.07, 6.45) is 3.06. The van der Waals surface area contributed by atoms with Gasteiger partial charge in [0.05, 0.1) is 10.0 Å². The first-order chi connectivity index (χ1) is 9.68. The summed E-state index contributed by atoms with van der Waals surface area (Å²) in [5.74, 6) is 0. The molecule has 1 aromatic carbocycles. The van der Waals surface area contributed by atoms with Crippen molar-refractivity contribution in [3.63, 3.8) is 0 Å². The monoisotopic (exact) mass is 414 g/mol. The Balaban J connectivity index is 2.24. The van der Waals surface area contributed by atoms with Gasteiger partial charge in [-0.15, -0.1) is 0 Å². The molecule has 21 heavy (non-hydrogen) atoms. The average Bonchev–Trinajstić information content (AvgIpc) is 2.24. The SMILES string of the molecule is CN(C)C1(CNS(=O)(=O)c2c(Cl)cc(Br)cc2Cl)CCC1. The average molecular weight is 416 g/mol. The highest BCUT2D eigenvalue weighted by Gasteiger charge is 2.40. The quantitative estimate of drug-likeness (QED) is 0.800. The molecule has 0 amide bonds. The lowest BCUT2D eigenvalue weighted by atomic mass is 9.76. The van der Waals surface area contributed by atoms with Crippen molar-refractivity contribution < 1.29 is 8.42 Å². The van der Waals surface area contributed by atoms with Gasteiger partial charge in [-0.1, -0.05) is 39.1 Å². The van der Waals surface area contributed by atoms with Crippen LogP contribution in [0.3, 0.4) is 0 Å². The van der Waals surface area contributed by atoms with Crippen LogP contribution in [0.2, 0.25) is 10.0 Å². The molecule has 0 aliphatic heterocycles. The van der Waals surface area contributed by atoms with Crippen LogP contribution in [0.15, 0.2) is 21.5 Å². The predicted octanol–water partition coefficient (Wildman–Crippen LogP) is 3.52. The molecule has 1 aliphatic rings. The summed E-state index contributed by atoms with van der Waals surface area (Å²) in [5.41, 5.74) is -0.110. The van der Waals surface area contributed by atoms with E-state index < -0.39 is 10.0 Å². The molecule has 0 atom stereocenters. The lowest BCUT2D eigenvalue weighted by Crippen LogP contribution is -2.57. The first kappa shape index (κ1) is 17.5. The van der Waals surface area contributed by atoms with E-state index >= 15 is 0 Å². The van der Waals surface area contributed by atoms with Crippen LogP contribution >= 0.6 is 39.1 Å². The number of sulfonamides is 1. The van der Waals surface area contributed by atoms with Crippen LogP contribution < -0.4 is 4.72 Å². The van der Waals surface area contributed by atoms with Crippen molar-refractivity contribution in [2.24, 2.45) is 0 Å². The maximum absolute atomic E-state index is 12.5. The maximum atomic E-state index is 12.5. The summed E-state index contributed by atoms with van der Waals surface area (Å²) in [4.78, 5) is 2.01. The van der Waals surface area contributed by atoms with Crippen molar-refractivity contribution in [2.75, 3.05) is 20.6 Å². The summed E-state index contributed by atoms with van der Waals surface area (Å²) >= 11 is 15.3. The maximum Gasteiger partial charge on any atom is 0.243 e. The minimum absolute atomic E-state index is 0.0673. The second kappa shape index (κ2) is 6.34. The second-order valence-electron chi connectivity index (χ2n) is 5.50. The zero-order valence-electron chi connectivity index (χ0n) is 11.8. The number of nitrogens with one attached hydrogen (secondary N) is 1. The van der Waals surface area contributed by atoms with E-state index in [9.17, 15) is 8.42 Å². The summed E-state index contributed by atoms with van der Waals surface area (Å²) in [5, 5.41) is 0.212. The molecule has 8 heteroatoms. The van der Waals surface area contributed by atoms with Gasteiger partial charge in [0, 0.05) is 16.6 Å². The summed E-state index contributed by atoms with van der Waals surface area (Å²) in [6.45, 7) is 0.352. The molecule has 0 heterocycles. The minimum Gasteiger partial charge on any atom is -0.302 e. The van der Waals surface area contributed by atoms with E-state index in [1.165, 1.54) is 12.1 Å². The molecule has 0 bridgehead atoms. The van der Waals surface area contributed by atoms with Crippen molar-refractivity contribution in [1.29, 1.82) is 0 Å². The van der Waals surface area contributed by atoms with Gasteiger partial charge in [-0.05, 0) is 45.5 Å². The largest absolute Gasteiger partial charge is 0.302 e. The van der Waals surface area contributed by atoms with Gasteiger partial charge in [-0.25, -0.2) is 13.1 Å². The van der Waals surface area contributed by atoms with E-state index in [0.29, 0.717) is 11.0 Å². The van der Waals surface area contributed by atoms with Crippen LogP contribution in [-0.4, -0.2) is 39.5 Å². The number of benzene rings is 1. The predicted molar refractivity (Wildman–Crippen MR) is 89.6 cm³/mol. The molecule has 0 saturated heterocycles. The molecule has 0 aromatic heterocycles. The van der Waals surface area contributed by atoms with Crippen molar-refractivity contribution in [3.8, 4) is 0 Å². The fourth-order valence-corrected chi connectivity index (χ4v) is 5.51. The molecule has 118 valence electrons. The van der Waals surface area contributed by atoms with Gasteiger partial charge < -0.3 is 4.90 Å². The summed E-state index contributed by atoms with van der Waals surface area (Å²) in [7, 11) is 0.188. The Morgan fingerprint density at radius 1 is 1.29 bits per heavy atom. The molecule has 1 aliphatic carbocycles. The Bertz CT molecular complexity index is 623. The smallest absolute Gasteiger partial charge is 0.243 e. The highest BCUT2D eigenvalue weighted by Crippen LogP contribution is 2.37. The Hall–Kier alpha value is 0.150. The topological polar surface area (TPSA) is 49.4 Å². The van der Waals surface area contributed by atoms with E-state index in [-0.39, 0.29) is 20.5 Å². The Morgan fingerprint density at radius 2 is 1.81 bits per heavy atom. The number of likely N-dealkylation sites (N-methyl/N-ethyl adjacent to an activating group) is 1. The van der Waals surface area contributed by atoms with Gasteiger partial charge in [-0.2, -0.15) is 0 Å². The van der Waals surface area contributed by atoms with Gasteiger partial charge in [-0.3, -0.25) is 0 Å². The van der Waals surface area contributed by atoms with Crippen molar-refractivity contribution >= 4 is 49.2 Å². The van der Waals surface area contributed by atoms with Gasteiger partial charge in [0.1, 0.15) is 4.90 Å². The molecule has 2 rings (SSSR count). The molecule has 1 saturated carbocycles. The number of nitrogens with zero attached hydrogens (tertiary/aromatic N) is 1. The third kappa shape index (κ3) is 3.57. The molecular formula is C13H17BrCl2N2O2S. The van der Waals surface area contributed by atoms with Crippen LogP contribution in [-0.2, 0) is 10.0 Å². The lowest BCUT2D eigenvalue weighted by molar-refractivity contribution is 0.0657. The summed E-state index contributed by atoms with van der Waals surface area (Å²) < 4.78 is 28.2. The molecule has 1 N–H and O–H groups in total. The number of hydrogen-bond acceptors (Lipinski definition) is 3. The Morgan fingerprint density at radius 3 is 2.19 bits per heavy atom. The van der Waals surface area contributed by atoms with Crippen molar-refractivity contribution in [1.82, 2.24) is 9.62 Å². The van der Waals surface area contributed by atoms with E-state index in [2.05, 4.69) is 25.6 Å². The molecule has 0 radical (unpaired) electrons.